The molecule has 0 aromatic carbocycles. The second kappa shape index (κ2) is 4.98. The number of halogens is 1. The summed E-state index contributed by atoms with van der Waals surface area (Å²) in [4.78, 5) is 0. The maximum Gasteiger partial charge on any atom is 0.274 e. The third-order valence-electron chi connectivity index (χ3n) is 1.48. The highest BCUT2D eigenvalue weighted by Gasteiger charge is 2.20. The third-order valence-corrected chi connectivity index (χ3v) is 2.76. The van der Waals surface area contributed by atoms with Crippen molar-refractivity contribution >= 4 is 22.4 Å². The monoisotopic (exact) mass is 254 g/mol. The molecule has 0 aliphatic carbocycles. The molecule has 1 aromatic rings. The van der Waals surface area contributed by atoms with Gasteiger partial charge in [0.15, 0.2) is 0 Å². The zero-order valence-corrected chi connectivity index (χ0v) is 10.2. The summed E-state index contributed by atoms with van der Waals surface area (Å²) < 4.78 is 30.1. The molecular formula is C8H15ClN2O3S. The van der Waals surface area contributed by atoms with Gasteiger partial charge >= 0.3 is 0 Å². The third kappa shape index (κ3) is 4.65. The lowest BCUT2D eigenvalue weighted by atomic mass is 10.1. The Kier molecular flexibility index (Phi) is 4.79. The fourth-order valence-electron chi connectivity index (χ4n) is 0.769. The van der Waals surface area contributed by atoms with E-state index in [-0.39, 0.29) is 24.0 Å². The fraction of sp³-hybridized carbons (Fsp3) is 0.500. The number of nitrogens with two attached hydrogens (primary N) is 1. The number of rotatable bonds is 4. The molecule has 7 heteroatoms. The van der Waals surface area contributed by atoms with Crippen LogP contribution in [0.1, 0.15) is 13.8 Å². The normalized spacial score (nSPS) is 12.2. The highest BCUT2D eigenvalue weighted by Crippen LogP contribution is 2.08. The minimum Gasteiger partial charge on any atom is -0.452 e. The van der Waals surface area contributed by atoms with E-state index in [0.29, 0.717) is 0 Å². The average Bonchev–Trinajstić information content (AvgIpc) is 2.52. The molecule has 1 rings (SSSR count). The first-order valence-corrected chi connectivity index (χ1v) is 5.62. The minimum absolute atomic E-state index is 0. The largest absolute Gasteiger partial charge is 0.452 e. The second-order valence-electron chi connectivity index (χ2n) is 3.75. The van der Waals surface area contributed by atoms with Crippen LogP contribution in [-0.2, 0) is 10.0 Å². The highest BCUT2D eigenvalue weighted by atomic mass is 35.5. The van der Waals surface area contributed by atoms with Crippen LogP contribution in [0.25, 0.3) is 0 Å². The van der Waals surface area contributed by atoms with E-state index in [1.807, 2.05) is 0 Å². The Bertz CT molecular complexity index is 381. The molecular weight excluding hydrogens is 240 g/mol. The number of hydrogen-bond acceptors (Lipinski definition) is 4. The first-order valence-electron chi connectivity index (χ1n) is 4.13. The van der Waals surface area contributed by atoms with Gasteiger partial charge in [0.05, 0.1) is 6.26 Å². The van der Waals surface area contributed by atoms with E-state index in [2.05, 4.69) is 4.72 Å². The summed E-state index contributed by atoms with van der Waals surface area (Å²) in [6.07, 6.45) is 1.31. The summed E-state index contributed by atoms with van der Waals surface area (Å²) in [6.45, 7) is 3.63. The lowest BCUT2D eigenvalue weighted by Crippen LogP contribution is -2.44. The zero-order valence-electron chi connectivity index (χ0n) is 8.56. The predicted octanol–water partition coefficient (Wildman–Crippen LogP) is 0.717. The van der Waals surface area contributed by atoms with Crippen LogP contribution in [0.5, 0.6) is 0 Å². The van der Waals surface area contributed by atoms with Gasteiger partial charge in [-0.05, 0) is 26.0 Å². The molecule has 3 N–H and O–H groups in total. The molecule has 0 bridgehead atoms. The van der Waals surface area contributed by atoms with Crippen molar-refractivity contribution in [2.45, 2.75) is 24.5 Å². The Morgan fingerprint density at radius 3 is 2.53 bits per heavy atom. The van der Waals surface area contributed by atoms with Crippen LogP contribution in [-0.4, -0.2) is 20.5 Å². The first kappa shape index (κ1) is 14.4. The second-order valence-corrected chi connectivity index (χ2v) is 5.44. The van der Waals surface area contributed by atoms with Crippen molar-refractivity contribution in [2.75, 3.05) is 6.54 Å². The maximum atomic E-state index is 11.5. The Morgan fingerprint density at radius 1 is 1.53 bits per heavy atom. The van der Waals surface area contributed by atoms with Gasteiger partial charge in [-0.3, -0.25) is 0 Å². The van der Waals surface area contributed by atoms with Crippen LogP contribution in [0.4, 0.5) is 0 Å². The van der Waals surface area contributed by atoms with Gasteiger partial charge in [-0.1, -0.05) is 0 Å². The van der Waals surface area contributed by atoms with E-state index < -0.39 is 15.6 Å². The van der Waals surface area contributed by atoms with E-state index in [4.69, 9.17) is 10.2 Å². The van der Waals surface area contributed by atoms with E-state index in [9.17, 15) is 8.42 Å². The summed E-state index contributed by atoms with van der Waals surface area (Å²) in [5.41, 5.74) is 5.05. The summed E-state index contributed by atoms with van der Waals surface area (Å²) in [5, 5.41) is -0.0956. The van der Waals surface area contributed by atoms with E-state index in [1.54, 1.807) is 13.8 Å². The van der Waals surface area contributed by atoms with Crippen molar-refractivity contribution in [3.63, 3.8) is 0 Å². The lowest BCUT2D eigenvalue weighted by molar-refractivity contribution is 0.438. The van der Waals surface area contributed by atoms with Crippen LogP contribution >= 0.6 is 12.4 Å². The molecule has 0 radical (unpaired) electrons. The summed E-state index contributed by atoms with van der Waals surface area (Å²) in [6, 6.07) is 2.90. The molecule has 1 heterocycles. The Labute approximate surface area is 95.5 Å². The quantitative estimate of drug-likeness (QED) is 0.829. The van der Waals surface area contributed by atoms with Crippen LogP contribution in [0.2, 0.25) is 0 Å². The molecule has 0 aliphatic rings. The first-order chi connectivity index (χ1) is 6.31. The molecule has 0 fully saturated rings. The molecule has 0 amide bonds. The van der Waals surface area contributed by atoms with E-state index in [0.717, 1.165) is 0 Å². The van der Waals surface area contributed by atoms with Gasteiger partial charge in [0.1, 0.15) is 0 Å². The topological polar surface area (TPSA) is 85.3 Å². The van der Waals surface area contributed by atoms with E-state index in [1.165, 1.54) is 18.4 Å². The van der Waals surface area contributed by atoms with Crippen molar-refractivity contribution in [1.29, 1.82) is 0 Å². The summed E-state index contributed by atoms with van der Waals surface area (Å²) in [5.74, 6) is 0. The number of sulfonamides is 1. The SMILES string of the molecule is CC(C)(N)CNS(=O)(=O)c1ccco1.Cl. The zero-order chi connectivity index (χ0) is 10.8. The van der Waals surface area contributed by atoms with Gasteiger partial charge in [0.25, 0.3) is 10.0 Å². The molecule has 0 saturated heterocycles. The van der Waals surface area contributed by atoms with Crippen molar-refractivity contribution in [3.05, 3.63) is 18.4 Å². The molecule has 0 atom stereocenters. The summed E-state index contributed by atoms with van der Waals surface area (Å²) in [7, 11) is -3.55. The van der Waals surface area contributed by atoms with Crippen LogP contribution in [0, 0.1) is 0 Å². The molecule has 88 valence electrons. The molecule has 1 aromatic heterocycles. The number of nitrogens with one attached hydrogen (secondary N) is 1. The van der Waals surface area contributed by atoms with Crippen LogP contribution < -0.4 is 10.5 Å². The van der Waals surface area contributed by atoms with Gasteiger partial charge in [-0.2, -0.15) is 0 Å². The lowest BCUT2D eigenvalue weighted by Gasteiger charge is -2.18. The van der Waals surface area contributed by atoms with Gasteiger partial charge in [0, 0.05) is 12.1 Å². The van der Waals surface area contributed by atoms with E-state index >= 15 is 0 Å². The van der Waals surface area contributed by atoms with Crippen molar-refractivity contribution in [3.8, 4) is 0 Å². The highest BCUT2D eigenvalue weighted by molar-refractivity contribution is 7.89. The standard InChI is InChI=1S/C8H14N2O3S.ClH/c1-8(2,9)6-10-14(11,12)7-4-3-5-13-7;/h3-5,10H,6,9H2,1-2H3;1H. The van der Waals surface area contributed by atoms with Gasteiger partial charge in [-0.25, -0.2) is 13.1 Å². The summed E-state index contributed by atoms with van der Waals surface area (Å²) >= 11 is 0. The molecule has 0 saturated carbocycles. The Morgan fingerprint density at radius 2 is 2.13 bits per heavy atom. The van der Waals surface area contributed by atoms with Gasteiger partial charge in [-0.15, -0.1) is 12.4 Å². The predicted molar refractivity (Wildman–Crippen MR) is 59.4 cm³/mol. The van der Waals surface area contributed by atoms with Crippen LogP contribution in [0.3, 0.4) is 0 Å². The van der Waals surface area contributed by atoms with Crippen LogP contribution in [0.15, 0.2) is 27.9 Å². The van der Waals surface area contributed by atoms with Crippen molar-refractivity contribution in [2.24, 2.45) is 5.73 Å². The molecule has 15 heavy (non-hydrogen) atoms. The molecule has 0 aliphatic heterocycles. The number of hydrogen-bond donors (Lipinski definition) is 2. The smallest absolute Gasteiger partial charge is 0.274 e. The minimum atomic E-state index is -3.55. The molecule has 0 unspecified atom stereocenters. The Balaban J connectivity index is 0.00000196. The van der Waals surface area contributed by atoms with Gasteiger partial charge < -0.3 is 10.2 Å². The van der Waals surface area contributed by atoms with Crippen molar-refractivity contribution in [1.82, 2.24) is 4.72 Å². The number of furan rings is 1. The fourth-order valence-corrected chi connectivity index (χ4v) is 1.91. The Hall–Kier alpha value is -0.560. The molecule has 5 nitrogen and oxygen atoms in total. The molecule has 0 spiro atoms. The van der Waals surface area contributed by atoms with Gasteiger partial charge in [0.2, 0.25) is 5.09 Å². The maximum absolute atomic E-state index is 11.5. The average molecular weight is 255 g/mol. The van der Waals surface area contributed by atoms with Crippen molar-refractivity contribution < 1.29 is 12.8 Å².